The van der Waals surface area contributed by atoms with Crippen molar-refractivity contribution in [1.82, 2.24) is 0 Å². The van der Waals surface area contributed by atoms with Crippen molar-refractivity contribution in [2.45, 2.75) is 290 Å². The summed E-state index contributed by atoms with van der Waals surface area (Å²) in [6.07, 6.45) is 64.4. The summed E-state index contributed by atoms with van der Waals surface area (Å²) in [5, 5.41) is 0. The number of unbranched alkanes of at least 4 members (excludes halogenated alkanes) is 31. The van der Waals surface area contributed by atoms with Crippen molar-refractivity contribution in [3.05, 3.63) is 48.6 Å². The van der Waals surface area contributed by atoms with Crippen LogP contribution in [0.3, 0.4) is 0 Å². The quantitative estimate of drug-likeness (QED) is 0.0262. The molecule has 0 amide bonds. The Kier molecular flexibility index (Phi) is 50.8. The molecule has 6 heteroatoms. The first-order valence-electron chi connectivity index (χ1n) is 27.6. The van der Waals surface area contributed by atoms with Crippen LogP contribution >= 0.6 is 0 Å². The number of rotatable bonds is 50. The first-order valence-corrected chi connectivity index (χ1v) is 27.6. The molecule has 6 nitrogen and oxygen atoms in total. The van der Waals surface area contributed by atoms with Gasteiger partial charge in [0.1, 0.15) is 13.2 Å². The van der Waals surface area contributed by atoms with E-state index < -0.39 is 6.10 Å². The van der Waals surface area contributed by atoms with E-state index in [1.165, 1.54) is 154 Å². The van der Waals surface area contributed by atoms with Crippen molar-refractivity contribution in [1.29, 1.82) is 0 Å². The molecule has 0 aliphatic carbocycles. The zero-order chi connectivity index (χ0) is 46.5. The average molecular weight is 897 g/mol. The van der Waals surface area contributed by atoms with E-state index in [-0.39, 0.29) is 31.1 Å². The second-order valence-corrected chi connectivity index (χ2v) is 18.5. The minimum absolute atomic E-state index is 0.0752. The topological polar surface area (TPSA) is 78.9 Å². The predicted octanol–water partition coefficient (Wildman–Crippen LogP) is 18.3. The predicted molar refractivity (Wildman–Crippen MR) is 275 cm³/mol. The van der Waals surface area contributed by atoms with Gasteiger partial charge in [-0.3, -0.25) is 14.4 Å². The van der Waals surface area contributed by atoms with Gasteiger partial charge in [-0.2, -0.15) is 0 Å². The molecule has 0 aromatic carbocycles. The monoisotopic (exact) mass is 897 g/mol. The first-order chi connectivity index (χ1) is 31.5. The SMILES string of the molecule is CCCCC/C=C\CCCCCCCC(=O)OC(COC(=O)CCCCCCC)COC(=O)CCCCCCCCCCCCCCCC/C=C\C/C=C\C/C=C\CCCCCCC. The third kappa shape index (κ3) is 50.4. The lowest BCUT2D eigenvalue weighted by Crippen LogP contribution is -2.30. The Labute approximate surface area is 397 Å². The maximum atomic E-state index is 12.7. The summed E-state index contributed by atoms with van der Waals surface area (Å²) in [6.45, 7) is 6.52. The first kappa shape index (κ1) is 61.4. The molecule has 1 atom stereocenters. The summed E-state index contributed by atoms with van der Waals surface area (Å²) in [5.74, 6) is -0.893. The molecule has 0 saturated heterocycles. The fraction of sp³-hybridized carbons (Fsp3) is 0.810. The van der Waals surface area contributed by atoms with Gasteiger partial charge in [0.25, 0.3) is 0 Å². The van der Waals surface area contributed by atoms with Crippen molar-refractivity contribution in [3.8, 4) is 0 Å². The molecule has 0 rings (SSSR count). The number of hydrogen-bond donors (Lipinski definition) is 0. The number of ether oxygens (including phenoxy) is 3. The fourth-order valence-corrected chi connectivity index (χ4v) is 7.86. The molecule has 1 unspecified atom stereocenters. The van der Waals surface area contributed by atoms with Crippen molar-refractivity contribution in [2.24, 2.45) is 0 Å². The number of carbonyl (C=O) groups is 3. The van der Waals surface area contributed by atoms with Gasteiger partial charge in [-0.15, -0.1) is 0 Å². The Hall–Kier alpha value is -2.63. The standard InChI is InChI=1S/C58H104O6/c1-4-7-10-13-15-17-19-21-22-23-24-25-26-27-28-29-30-31-32-33-34-35-36-37-39-40-42-45-48-51-57(60)63-54-55(53-62-56(59)50-47-44-12-9-6-3)64-58(61)52-49-46-43-41-38-20-18-16-14-11-8-5-2/h16,18-19,21,23-24,26-27,55H,4-15,17,20,22,25,28-54H2,1-3H3/b18-16-,21-19-,24-23-,27-26-. The number of esters is 3. The minimum Gasteiger partial charge on any atom is -0.462 e. The molecule has 0 heterocycles. The fourth-order valence-electron chi connectivity index (χ4n) is 7.86. The van der Waals surface area contributed by atoms with Crippen LogP contribution < -0.4 is 0 Å². The molecule has 0 aliphatic rings. The number of carbonyl (C=O) groups excluding carboxylic acids is 3. The molecule has 0 saturated carbocycles. The lowest BCUT2D eigenvalue weighted by atomic mass is 10.0. The van der Waals surface area contributed by atoms with Crippen LogP contribution in [0.1, 0.15) is 284 Å². The van der Waals surface area contributed by atoms with Gasteiger partial charge in [0.05, 0.1) is 0 Å². The van der Waals surface area contributed by atoms with E-state index in [1.54, 1.807) is 0 Å². The van der Waals surface area contributed by atoms with Crippen LogP contribution in [0, 0.1) is 0 Å². The molecule has 0 spiro atoms. The van der Waals surface area contributed by atoms with Crippen LogP contribution in [0.5, 0.6) is 0 Å². The molecule has 0 N–H and O–H groups in total. The highest BCUT2D eigenvalue weighted by molar-refractivity contribution is 5.71. The molecule has 0 radical (unpaired) electrons. The van der Waals surface area contributed by atoms with Crippen LogP contribution in [0.2, 0.25) is 0 Å². The molecule has 0 bridgehead atoms. The number of allylic oxidation sites excluding steroid dienone is 8. The maximum Gasteiger partial charge on any atom is 0.306 e. The summed E-state index contributed by atoms with van der Waals surface area (Å²) >= 11 is 0. The molecule has 0 aliphatic heterocycles. The van der Waals surface area contributed by atoms with E-state index >= 15 is 0 Å². The van der Waals surface area contributed by atoms with Gasteiger partial charge in [-0.25, -0.2) is 0 Å². The summed E-state index contributed by atoms with van der Waals surface area (Å²) < 4.78 is 16.7. The molecular weight excluding hydrogens is 793 g/mol. The zero-order valence-electron chi connectivity index (χ0n) is 42.6. The highest BCUT2D eigenvalue weighted by Gasteiger charge is 2.19. The summed E-state index contributed by atoms with van der Waals surface area (Å²) in [4.78, 5) is 37.6. The van der Waals surface area contributed by atoms with Crippen molar-refractivity contribution < 1.29 is 28.6 Å². The Morgan fingerprint density at radius 2 is 0.562 bits per heavy atom. The van der Waals surface area contributed by atoms with E-state index in [9.17, 15) is 14.4 Å². The minimum atomic E-state index is -0.771. The van der Waals surface area contributed by atoms with Gasteiger partial charge in [-0.1, -0.05) is 230 Å². The second kappa shape index (κ2) is 53.0. The molecule has 0 fully saturated rings. The third-order valence-electron chi connectivity index (χ3n) is 12.1. The van der Waals surface area contributed by atoms with Crippen LogP contribution in [-0.4, -0.2) is 37.2 Å². The third-order valence-corrected chi connectivity index (χ3v) is 12.1. The van der Waals surface area contributed by atoms with Crippen LogP contribution in [0.15, 0.2) is 48.6 Å². The molecule has 64 heavy (non-hydrogen) atoms. The zero-order valence-corrected chi connectivity index (χ0v) is 42.6. The highest BCUT2D eigenvalue weighted by atomic mass is 16.6. The average Bonchev–Trinajstić information content (AvgIpc) is 3.29. The van der Waals surface area contributed by atoms with Gasteiger partial charge in [0.2, 0.25) is 0 Å². The van der Waals surface area contributed by atoms with Crippen LogP contribution in [0.4, 0.5) is 0 Å². The van der Waals surface area contributed by atoms with Crippen molar-refractivity contribution in [2.75, 3.05) is 13.2 Å². The largest absolute Gasteiger partial charge is 0.462 e. The second-order valence-electron chi connectivity index (χ2n) is 18.5. The van der Waals surface area contributed by atoms with E-state index in [2.05, 4.69) is 69.4 Å². The number of hydrogen-bond acceptors (Lipinski definition) is 6. The molecule has 0 aromatic rings. The van der Waals surface area contributed by atoms with E-state index in [1.807, 2.05) is 0 Å². The normalized spacial score (nSPS) is 12.4. The van der Waals surface area contributed by atoms with Gasteiger partial charge < -0.3 is 14.2 Å². The van der Waals surface area contributed by atoms with Crippen molar-refractivity contribution in [3.63, 3.8) is 0 Å². The molecule has 372 valence electrons. The van der Waals surface area contributed by atoms with E-state index in [4.69, 9.17) is 14.2 Å². The van der Waals surface area contributed by atoms with Gasteiger partial charge in [-0.05, 0) is 83.5 Å². The smallest absolute Gasteiger partial charge is 0.306 e. The van der Waals surface area contributed by atoms with Crippen LogP contribution in [0.25, 0.3) is 0 Å². The maximum absolute atomic E-state index is 12.7. The lowest BCUT2D eigenvalue weighted by molar-refractivity contribution is -0.167. The van der Waals surface area contributed by atoms with Crippen molar-refractivity contribution >= 4 is 17.9 Å². The summed E-state index contributed by atoms with van der Waals surface area (Å²) in [6, 6.07) is 0. The highest BCUT2D eigenvalue weighted by Crippen LogP contribution is 2.16. The Morgan fingerprint density at radius 1 is 0.312 bits per heavy atom. The van der Waals surface area contributed by atoms with Gasteiger partial charge >= 0.3 is 17.9 Å². The molecule has 0 aromatic heterocycles. The van der Waals surface area contributed by atoms with Gasteiger partial charge in [0, 0.05) is 19.3 Å². The Bertz CT molecular complexity index is 1120. The van der Waals surface area contributed by atoms with E-state index in [0.29, 0.717) is 19.3 Å². The molecular formula is C58H104O6. The van der Waals surface area contributed by atoms with Crippen LogP contribution in [-0.2, 0) is 28.6 Å². The Morgan fingerprint density at radius 3 is 0.922 bits per heavy atom. The summed E-state index contributed by atoms with van der Waals surface area (Å²) in [5.41, 5.74) is 0. The lowest BCUT2D eigenvalue weighted by Gasteiger charge is -2.18. The van der Waals surface area contributed by atoms with E-state index in [0.717, 1.165) is 89.9 Å². The van der Waals surface area contributed by atoms with Gasteiger partial charge in [0.15, 0.2) is 6.10 Å². The summed E-state index contributed by atoms with van der Waals surface area (Å²) in [7, 11) is 0. The Balaban J connectivity index is 3.97.